The van der Waals surface area contributed by atoms with Gasteiger partial charge in [-0.15, -0.1) is 0 Å². The van der Waals surface area contributed by atoms with Crippen LogP contribution in [0.3, 0.4) is 0 Å². The Morgan fingerprint density at radius 3 is 2.75 bits per heavy atom. The molecule has 0 spiro atoms. The molecule has 0 fully saturated rings. The van der Waals surface area contributed by atoms with Gasteiger partial charge in [-0.1, -0.05) is 11.6 Å². The van der Waals surface area contributed by atoms with E-state index in [4.69, 9.17) is 22.6 Å². The van der Waals surface area contributed by atoms with Gasteiger partial charge in [0.15, 0.2) is 11.0 Å². The molecule has 0 bridgehead atoms. The van der Waals surface area contributed by atoms with E-state index in [2.05, 4.69) is 15.4 Å². The minimum atomic E-state index is -1.03. The molecule has 0 radical (unpaired) electrons. The van der Waals surface area contributed by atoms with Crippen LogP contribution in [0.15, 0.2) is 18.2 Å². The number of hydrogen-bond acceptors (Lipinski definition) is 5. The molecule has 1 heterocycles. The highest BCUT2D eigenvalue weighted by Gasteiger charge is 2.08. The summed E-state index contributed by atoms with van der Waals surface area (Å²) in [6, 6.07) is 4.38. The molecular weight excluding hydrogens is 232 g/mol. The highest BCUT2D eigenvalue weighted by Crippen LogP contribution is 2.21. The van der Waals surface area contributed by atoms with Crippen LogP contribution in [0.1, 0.15) is 10.4 Å². The quantitative estimate of drug-likeness (QED) is 0.538. The molecule has 2 rings (SSSR count). The predicted octanol–water partition coefficient (Wildman–Crippen LogP) is 1.27. The van der Waals surface area contributed by atoms with Crippen molar-refractivity contribution in [1.82, 2.24) is 9.97 Å². The molecule has 7 heteroatoms. The van der Waals surface area contributed by atoms with Crippen LogP contribution in [0.2, 0.25) is 5.15 Å². The first-order valence-electron chi connectivity index (χ1n) is 4.29. The van der Waals surface area contributed by atoms with Crippen LogP contribution >= 0.6 is 11.6 Å². The molecule has 0 amide bonds. The lowest BCUT2D eigenvalue weighted by atomic mass is 10.2. The van der Waals surface area contributed by atoms with Crippen molar-refractivity contribution in [3.63, 3.8) is 0 Å². The Hall–Kier alpha value is -1.92. The molecule has 4 N–H and O–H groups in total. The number of nitrogens with one attached hydrogen (secondary N) is 1. The van der Waals surface area contributed by atoms with Crippen molar-refractivity contribution in [2.45, 2.75) is 0 Å². The van der Waals surface area contributed by atoms with E-state index < -0.39 is 5.97 Å². The van der Waals surface area contributed by atoms with Gasteiger partial charge in [0.05, 0.1) is 16.6 Å². The van der Waals surface area contributed by atoms with E-state index in [1.807, 2.05) is 0 Å². The number of aromatic carboxylic acids is 1. The maximum Gasteiger partial charge on any atom is 0.335 e. The average molecular weight is 239 g/mol. The van der Waals surface area contributed by atoms with E-state index in [9.17, 15) is 4.79 Å². The van der Waals surface area contributed by atoms with Crippen molar-refractivity contribution in [3.8, 4) is 0 Å². The largest absolute Gasteiger partial charge is 0.478 e. The Balaban J connectivity index is 2.66. The first-order valence-corrected chi connectivity index (χ1v) is 4.67. The summed E-state index contributed by atoms with van der Waals surface area (Å²) < 4.78 is 0. The summed E-state index contributed by atoms with van der Waals surface area (Å²) in [6.07, 6.45) is 0. The Kier molecular flexibility index (Phi) is 2.59. The summed E-state index contributed by atoms with van der Waals surface area (Å²) in [5.74, 6) is 4.41. The zero-order valence-corrected chi connectivity index (χ0v) is 8.69. The minimum Gasteiger partial charge on any atom is -0.478 e. The number of carboxylic acids is 1. The summed E-state index contributed by atoms with van der Waals surface area (Å²) in [4.78, 5) is 18.8. The lowest BCUT2D eigenvalue weighted by Crippen LogP contribution is -2.10. The fourth-order valence-corrected chi connectivity index (χ4v) is 1.45. The molecule has 0 aliphatic carbocycles. The van der Waals surface area contributed by atoms with Gasteiger partial charge in [-0.3, -0.25) is 0 Å². The molecule has 0 unspecified atom stereocenters. The standard InChI is InChI=1S/C9H7ClN4O2/c10-7-8(14-11)13-5-2-1-4(9(15)16)3-6(5)12-7/h1-3H,11H2,(H,13,14)(H,15,16). The third-order valence-electron chi connectivity index (χ3n) is 2.01. The molecule has 16 heavy (non-hydrogen) atoms. The number of anilines is 1. The summed E-state index contributed by atoms with van der Waals surface area (Å²) in [5.41, 5.74) is 3.36. The van der Waals surface area contributed by atoms with Crippen molar-refractivity contribution >= 4 is 34.4 Å². The number of fused-ring (bicyclic) bond motifs is 1. The van der Waals surface area contributed by atoms with Crippen LogP contribution in [0, 0.1) is 0 Å². The van der Waals surface area contributed by atoms with Crippen LogP contribution in [0.4, 0.5) is 5.82 Å². The zero-order chi connectivity index (χ0) is 11.7. The number of nitrogens with zero attached hydrogens (tertiary/aromatic N) is 2. The molecule has 1 aromatic heterocycles. The number of hydrogen-bond donors (Lipinski definition) is 3. The fraction of sp³-hybridized carbons (Fsp3) is 0. The summed E-state index contributed by atoms with van der Waals surface area (Å²) in [6.45, 7) is 0. The molecular formula is C9H7ClN4O2. The van der Waals surface area contributed by atoms with E-state index >= 15 is 0 Å². The maximum absolute atomic E-state index is 10.7. The Labute approximate surface area is 95.0 Å². The number of carboxylic acid groups (broad SMARTS) is 1. The monoisotopic (exact) mass is 238 g/mol. The topological polar surface area (TPSA) is 101 Å². The second kappa shape index (κ2) is 3.92. The lowest BCUT2D eigenvalue weighted by molar-refractivity contribution is 0.0697. The van der Waals surface area contributed by atoms with Gasteiger partial charge in [0.2, 0.25) is 0 Å². The first kappa shape index (κ1) is 10.6. The van der Waals surface area contributed by atoms with Gasteiger partial charge in [0.1, 0.15) is 0 Å². The third-order valence-corrected chi connectivity index (χ3v) is 2.27. The van der Waals surface area contributed by atoms with Gasteiger partial charge < -0.3 is 10.5 Å². The van der Waals surface area contributed by atoms with E-state index in [-0.39, 0.29) is 16.5 Å². The van der Waals surface area contributed by atoms with Crippen molar-refractivity contribution in [2.24, 2.45) is 5.84 Å². The van der Waals surface area contributed by atoms with Gasteiger partial charge in [0.25, 0.3) is 0 Å². The minimum absolute atomic E-state index is 0.0949. The average Bonchev–Trinajstić information content (AvgIpc) is 2.27. The zero-order valence-electron chi connectivity index (χ0n) is 7.94. The number of aromatic nitrogens is 2. The molecule has 6 nitrogen and oxygen atoms in total. The van der Waals surface area contributed by atoms with Gasteiger partial charge in [0, 0.05) is 0 Å². The van der Waals surface area contributed by atoms with Gasteiger partial charge >= 0.3 is 5.97 Å². The molecule has 82 valence electrons. The fourth-order valence-electron chi connectivity index (χ4n) is 1.26. The highest BCUT2D eigenvalue weighted by molar-refractivity contribution is 6.32. The van der Waals surface area contributed by atoms with Crippen LogP contribution in [-0.2, 0) is 0 Å². The van der Waals surface area contributed by atoms with Crippen LogP contribution in [-0.4, -0.2) is 21.0 Å². The number of nitrogens with two attached hydrogens (primary N) is 1. The van der Waals surface area contributed by atoms with E-state index in [1.54, 1.807) is 6.07 Å². The van der Waals surface area contributed by atoms with Gasteiger partial charge in [-0.05, 0) is 18.2 Å². The number of nitrogen functional groups attached to an aromatic ring is 1. The third kappa shape index (κ3) is 1.75. The molecule has 0 aliphatic rings. The smallest absolute Gasteiger partial charge is 0.335 e. The van der Waals surface area contributed by atoms with Crippen LogP contribution in [0.25, 0.3) is 11.0 Å². The second-order valence-electron chi connectivity index (χ2n) is 3.02. The van der Waals surface area contributed by atoms with Crippen LogP contribution in [0.5, 0.6) is 0 Å². The van der Waals surface area contributed by atoms with E-state index in [0.29, 0.717) is 11.0 Å². The van der Waals surface area contributed by atoms with Crippen molar-refractivity contribution < 1.29 is 9.90 Å². The van der Waals surface area contributed by atoms with Crippen molar-refractivity contribution in [3.05, 3.63) is 28.9 Å². The summed E-state index contributed by atoms with van der Waals surface area (Å²) in [5, 5.41) is 8.90. The number of rotatable bonds is 2. The normalized spacial score (nSPS) is 10.4. The Bertz CT molecular complexity index is 573. The molecule has 0 aliphatic heterocycles. The van der Waals surface area contributed by atoms with Gasteiger partial charge in [-0.25, -0.2) is 20.6 Å². The predicted molar refractivity (Wildman–Crippen MR) is 59.3 cm³/mol. The van der Waals surface area contributed by atoms with Crippen molar-refractivity contribution in [2.75, 3.05) is 5.43 Å². The van der Waals surface area contributed by atoms with Crippen molar-refractivity contribution in [1.29, 1.82) is 0 Å². The molecule has 1 aromatic carbocycles. The first-order chi connectivity index (χ1) is 7.61. The molecule has 0 atom stereocenters. The number of benzene rings is 1. The molecule has 2 aromatic rings. The summed E-state index contributed by atoms with van der Waals surface area (Å²) >= 11 is 5.77. The number of carbonyl (C=O) groups is 1. The van der Waals surface area contributed by atoms with E-state index in [0.717, 1.165) is 0 Å². The Morgan fingerprint density at radius 1 is 1.38 bits per heavy atom. The Morgan fingerprint density at radius 2 is 2.12 bits per heavy atom. The van der Waals surface area contributed by atoms with E-state index in [1.165, 1.54) is 12.1 Å². The SMILES string of the molecule is NNc1nc2ccc(C(=O)O)cc2nc1Cl. The highest BCUT2D eigenvalue weighted by atomic mass is 35.5. The lowest BCUT2D eigenvalue weighted by Gasteiger charge is -2.04. The van der Waals surface area contributed by atoms with Gasteiger partial charge in [-0.2, -0.15) is 0 Å². The maximum atomic E-state index is 10.7. The second-order valence-corrected chi connectivity index (χ2v) is 3.37. The molecule has 0 saturated carbocycles. The number of hydrazine groups is 1. The van der Waals surface area contributed by atoms with Crippen LogP contribution < -0.4 is 11.3 Å². The summed E-state index contributed by atoms with van der Waals surface area (Å²) in [7, 11) is 0. The number of halogens is 1. The molecule has 0 saturated heterocycles.